The molecule has 0 aromatic heterocycles. The van der Waals surface area contributed by atoms with Crippen LogP contribution >= 0.6 is 0 Å². The first kappa shape index (κ1) is 8.76. The van der Waals surface area contributed by atoms with E-state index >= 15 is 0 Å². The lowest BCUT2D eigenvalue weighted by atomic mass is 10.2. The fourth-order valence-electron chi connectivity index (χ4n) is 0.541. The summed E-state index contributed by atoms with van der Waals surface area (Å²) in [5, 5.41) is 10.5. The third kappa shape index (κ3) is 6.76. The van der Waals surface area contributed by atoms with E-state index in [1.165, 1.54) is 0 Å². The van der Waals surface area contributed by atoms with Crippen LogP contribution in [0.4, 0.5) is 4.79 Å². The van der Waals surface area contributed by atoms with Gasteiger partial charge in [-0.3, -0.25) is 0 Å². The van der Waals surface area contributed by atoms with E-state index < -0.39 is 6.03 Å². The van der Waals surface area contributed by atoms with Crippen LogP contribution in [0.5, 0.6) is 0 Å². The number of amides is 2. The van der Waals surface area contributed by atoms with Crippen LogP contribution in [0.3, 0.4) is 0 Å². The van der Waals surface area contributed by atoms with Gasteiger partial charge in [0.2, 0.25) is 0 Å². The molecule has 2 amide bonds. The second-order valence-corrected chi connectivity index (χ2v) is 1.91. The summed E-state index contributed by atoms with van der Waals surface area (Å²) < 4.78 is 0. The van der Waals surface area contributed by atoms with Crippen LogP contribution in [0.15, 0.2) is 0 Å². The number of nitrogens with two attached hydrogens (primary N) is 1. The highest BCUT2D eigenvalue weighted by molar-refractivity contribution is 5.71. The molecule has 0 aliphatic rings. The fraction of sp³-hybridized carbons (Fsp3) is 0.667. The van der Waals surface area contributed by atoms with Crippen LogP contribution in [0.1, 0.15) is 19.3 Å². The van der Waals surface area contributed by atoms with Crippen molar-refractivity contribution in [3.8, 4) is 6.07 Å². The Balaban J connectivity index is 2.92. The molecule has 3 N–H and O–H groups in total. The molecule has 0 fully saturated rings. The molecule has 0 saturated carbocycles. The number of carbonyl (C=O) groups excluding carboxylic acids is 1. The molecule has 0 rings (SSSR count). The lowest BCUT2D eigenvalue weighted by molar-refractivity contribution is 0.249. The number of hydrogen-bond acceptors (Lipinski definition) is 2. The van der Waals surface area contributed by atoms with E-state index in [1.54, 1.807) is 0 Å². The Bertz CT molecular complexity index is 138. The van der Waals surface area contributed by atoms with Gasteiger partial charge in [0.05, 0.1) is 6.07 Å². The molecule has 4 nitrogen and oxygen atoms in total. The molecule has 4 heteroatoms. The van der Waals surface area contributed by atoms with Crippen molar-refractivity contribution in [1.82, 2.24) is 5.32 Å². The summed E-state index contributed by atoms with van der Waals surface area (Å²) in [7, 11) is 0. The van der Waals surface area contributed by atoms with Gasteiger partial charge in [-0.25, -0.2) is 4.79 Å². The minimum absolute atomic E-state index is 0.503. The van der Waals surface area contributed by atoms with Crippen molar-refractivity contribution in [2.24, 2.45) is 5.73 Å². The minimum atomic E-state index is -0.503. The number of nitrogens with one attached hydrogen (secondary N) is 1. The molecule has 0 spiro atoms. The van der Waals surface area contributed by atoms with Gasteiger partial charge >= 0.3 is 6.03 Å². The van der Waals surface area contributed by atoms with Gasteiger partial charge in [-0.15, -0.1) is 0 Å². The first-order valence-corrected chi connectivity index (χ1v) is 3.17. The van der Waals surface area contributed by atoms with Gasteiger partial charge in [-0.1, -0.05) is 0 Å². The topological polar surface area (TPSA) is 78.9 Å². The zero-order valence-corrected chi connectivity index (χ0v) is 5.76. The number of primary amides is 1. The van der Waals surface area contributed by atoms with E-state index in [2.05, 4.69) is 5.32 Å². The molecule has 0 aliphatic carbocycles. The largest absolute Gasteiger partial charge is 0.352 e. The SMILES string of the molecule is N#CCCCCNC(N)=O. The van der Waals surface area contributed by atoms with E-state index in [1.807, 2.05) is 6.07 Å². The smallest absolute Gasteiger partial charge is 0.312 e. The summed E-state index contributed by atoms with van der Waals surface area (Å²) in [5.41, 5.74) is 4.79. The highest BCUT2D eigenvalue weighted by Gasteiger charge is 1.89. The number of urea groups is 1. The number of hydrogen-bond donors (Lipinski definition) is 2. The number of nitrogens with zero attached hydrogens (tertiary/aromatic N) is 1. The molecule has 0 bridgehead atoms. The molecular weight excluding hydrogens is 130 g/mol. The molecular formula is C6H11N3O. The number of nitriles is 1. The van der Waals surface area contributed by atoms with Crippen molar-refractivity contribution in [1.29, 1.82) is 5.26 Å². The van der Waals surface area contributed by atoms with Crippen LogP contribution in [-0.4, -0.2) is 12.6 Å². The molecule has 0 atom stereocenters. The first-order chi connectivity index (χ1) is 4.77. The number of carbonyl (C=O) groups is 1. The monoisotopic (exact) mass is 141 g/mol. The summed E-state index contributed by atoms with van der Waals surface area (Å²) in [4.78, 5) is 10.1. The lowest BCUT2D eigenvalue weighted by Gasteiger charge is -1.97. The van der Waals surface area contributed by atoms with Gasteiger partial charge in [-0.05, 0) is 12.8 Å². The Morgan fingerprint density at radius 2 is 2.30 bits per heavy atom. The summed E-state index contributed by atoms with van der Waals surface area (Å²) in [6, 6.07) is 1.51. The van der Waals surface area contributed by atoms with Crippen LogP contribution in [0.2, 0.25) is 0 Å². The van der Waals surface area contributed by atoms with Crippen molar-refractivity contribution in [2.75, 3.05) is 6.54 Å². The second kappa shape index (κ2) is 5.89. The molecule has 0 aromatic carbocycles. The van der Waals surface area contributed by atoms with Gasteiger partial charge in [-0.2, -0.15) is 5.26 Å². The maximum absolute atomic E-state index is 10.1. The van der Waals surface area contributed by atoms with Crippen molar-refractivity contribution >= 4 is 6.03 Å². The second-order valence-electron chi connectivity index (χ2n) is 1.91. The maximum atomic E-state index is 10.1. The van der Waals surface area contributed by atoms with Crippen LogP contribution in [-0.2, 0) is 0 Å². The zero-order valence-electron chi connectivity index (χ0n) is 5.76. The summed E-state index contributed by atoms with van der Waals surface area (Å²) >= 11 is 0. The molecule has 0 radical (unpaired) electrons. The fourth-order valence-corrected chi connectivity index (χ4v) is 0.541. The number of unbranched alkanes of at least 4 members (excludes halogenated alkanes) is 2. The molecule has 0 aromatic rings. The Morgan fingerprint density at radius 1 is 1.60 bits per heavy atom. The quantitative estimate of drug-likeness (QED) is 0.554. The van der Waals surface area contributed by atoms with E-state index in [0.29, 0.717) is 13.0 Å². The average molecular weight is 141 g/mol. The van der Waals surface area contributed by atoms with Crippen LogP contribution < -0.4 is 11.1 Å². The van der Waals surface area contributed by atoms with Crippen LogP contribution in [0.25, 0.3) is 0 Å². The van der Waals surface area contributed by atoms with Crippen molar-refractivity contribution < 1.29 is 4.79 Å². The van der Waals surface area contributed by atoms with E-state index in [-0.39, 0.29) is 0 Å². The van der Waals surface area contributed by atoms with Gasteiger partial charge in [0.25, 0.3) is 0 Å². The van der Waals surface area contributed by atoms with Crippen molar-refractivity contribution in [3.63, 3.8) is 0 Å². The standard InChI is InChI=1S/C6H11N3O/c7-4-2-1-3-5-9-6(8)10/h1-3,5H2,(H3,8,9,10). The highest BCUT2D eigenvalue weighted by Crippen LogP contribution is 1.90. The van der Waals surface area contributed by atoms with Crippen molar-refractivity contribution in [3.05, 3.63) is 0 Å². The molecule has 56 valence electrons. The Labute approximate surface area is 60.0 Å². The van der Waals surface area contributed by atoms with E-state index in [9.17, 15) is 4.79 Å². The summed E-state index contributed by atoms with van der Waals surface area (Å²) in [6.07, 6.45) is 2.17. The zero-order chi connectivity index (χ0) is 7.82. The van der Waals surface area contributed by atoms with Gasteiger partial charge in [0.1, 0.15) is 0 Å². The summed E-state index contributed by atoms with van der Waals surface area (Å²) in [6.45, 7) is 0.566. The highest BCUT2D eigenvalue weighted by atomic mass is 16.2. The van der Waals surface area contributed by atoms with Gasteiger partial charge in [0, 0.05) is 13.0 Å². The van der Waals surface area contributed by atoms with Gasteiger partial charge in [0.15, 0.2) is 0 Å². The molecule has 10 heavy (non-hydrogen) atoms. The van der Waals surface area contributed by atoms with Gasteiger partial charge < -0.3 is 11.1 Å². The predicted octanol–water partition coefficient (Wildman–Crippen LogP) is 0.349. The average Bonchev–Trinajstić information content (AvgIpc) is 1.87. The maximum Gasteiger partial charge on any atom is 0.312 e. The predicted molar refractivity (Wildman–Crippen MR) is 37.1 cm³/mol. The molecule has 0 unspecified atom stereocenters. The molecule has 0 heterocycles. The minimum Gasteiger partial charge on any atom is -0.352 e. The van der Waals surface area contributed by atoms with E-state index in [0.717, 1.165) is 12.8 Å². The Kier molecular flexibility index (Phi) is 5.16. The molecule has 0 saturated heterocycles. The first-order valence-electron chi connectivity index (χ1n) is 3.17. The Hall–Kier alpha value is -1.24. The summed E-state index contributed by atoms with van der Waals surface area (Å²) in [5.74, 6) is 0. The molecule has 0 aliphatic heterocycles. The third-order valence-electron chi connectivity index (χ3n) is 1.01. The van der Waals surface area contributed by atoms with E-state index in [4.69, 9.17) is 11.0 Å². The number of rotatable bonds is 4. The third-order valence-corrected chi connectivity index (χ3v) is 1.01. The Morgan fingerprint density at radius 3 is 2.80 bits per heavy atom. The normalized spacial score (nSPS) is 8.30. The lowest BCUT2D eigenvalue weighted by Crippen LogP contribution is -2.29. The van der Waals surface area contributed by atoms with Crippen LogP contribution in [0, 0.1) is 11.3 Å². The van der Waals surface area contributed by atoms with Crippen molar-refractivity contribution in [2.45, 2.75) is 19.3 Å².